The van der Waals surface area contributed by atoms with Gasteiger partial charge in [0.15, 0.2) is 0 Å². The number of benzene rings is 2. The van der Waals surface area contributed by atoms with Crippen LogP contribution in [0, 0.1) is 0 Å². The maximum Gasteiger partial charge on any atom is 0.338 e. The van der Waals surface area contributed by atoms with Gasteiger partial charge in [-0.25, -0.2) is 4.79 Å². The summed E-state index contributed by atoms with van der Waals surface area (Å²) >= 11 is 0. The zero-order chi connectivity index (χ0) is 24.1. The number of allylic oxidation sites excluding steroid dienone is 7. The third-order valence-electron chi connectivity index (χ3n) is 5.79. The second kappa shape index (κ2) is 14.3. The van der Waals surface area contributed by atoms with Gasteiger partial charge in [0, 0.05) is 0 Å². The predicted octanol–water partition coefficient (Wildman–Crippen LogP) is 9.14. The second-order valence-electron chi connectivity index (χ2n) is 9.21. The lowest BCUT2D eigenvalue weighted by Crippen LogP contribution is -2.05. The summed E-state index contributed by atoms with van der Waals surface area (Å²) in [7, 11) is 0. The first-order chi connectivity index (χ1) is 15.8. The first kappa shape index (κ1) is 26.4. The molecule has 0 spiro atoms. The van der Waals surface area contributed by atoms with Gasteiger partial charge in [0.25, 0.3) is 0 Å². The quantitative estimate of drug-likeness (QED) is 0.241. The van der Waals surface area contributed by atoms with Gasteiger partial charge in [-0.2, -0.15) is 0 Å². The van der Waals surface area contributed by atoms with Crippen molar-refractivity contribution in [2.24, 2.45) is 0 Å². The van der Waals surface area contributed by atoms with Crippen molar-refractivity contribution in [2.75, 3.05) is 6.61 Å². The third-order valence-corrected chi connectivity index (χ3v) is 5.79. The average Bonchev–Trinajstić information content (AvgIpc) is 2.78. The first-order valence-electron chi connectivity index (χ1n) is 12.1. The molecule has 0 saturated carbocycles. The number of hydrogen-bond donors (Lipinski definition) is 0. The van der Waals surface area contributed by atoms with E-state index in [1.807, 2.05) is 48.5 Å². The van der Waals surface area contributed by atoms with Crippen LogP contribution in [0.2, 0.25) is 0 Å². The van der Waals surface area contributed by atoms with Crippen LogP contribution in [0.25, 0.3) is 10.8 Å². The van der Waals surface area contributed by atoms with Gasteiger partial charge in [0.05, 0.1) is 5.56 Å². The Morgan fingerprint density at radius 2 is 1.24 bits per heavy atom. The fourth-order valence-corrected chi connectivity index (χ4v) is 3.65. The first-order valence-corrected chi connectivity index (χ1v) is 12.1. The maximum atomic E-state index is 12.3. The Hall–Kier alpha value is -2.87. The monoisotopic (exact) mass is 444 g/mol. The molecule has 0 fully saturated rings. The Morgan fingerprint density at radius 1 is 0.697 bits per heavy atom. The standard InChI is InChI=1S/C31H40O2/c1-24(2)11-8-12-25(3)13-9-14-26(4)15-10-16-27(5)21-22-33-31(32)30-20-19-28-17-6-7-18-29(28)23-30/h6-7,11,13,15,17-21,23H,8-10,12,14,16,22H2,1-5H3/b25-13+,26-15+,27-21+. The van der Waals surface area contributed by atoms with Crippen LogP contribution in [0.1, 0.15) is 83.5 Å². The summed E-state index contributed by atoms with van der Waals surface area (Å²) in [5.41, 5.74) is 6.17. The highest BCUT2D eigenvalue weighted by Gasteiger charge is 2.07. The molecule has 2 heteroatoms. The topological polar surface area (TPSA) is 26.3 Å². The number of fused-ring (bicyclic) bond motifs is 1. The van der Waals surface area contributed by atoms with Gasteiger partial charge in [-0.05, 0) is 102 Å². The lowest BCUT2D eigenvalue weighted by molar-refractivity contribution is 0.0549. The number of hydrogen-bond acceptors (Lipinski definition) is 2. The second-order valence-corrected chi connectivity index (χ2v) is 9.21. The molecule has 0 atom stereocenters. The van der Waals surface area contributed by atoms with Crippen molar-refractivity contribution in [1.29, 1.82) is 0 Å². The summed E-state index contributed by atoms with van der Waals surface area (Å²) in [5.74, 6) is -0.273. The molecule has 0 aliphatic rings. The van der Waals surface area contributed by atoms with Crippen LogP contribution < -0.4 is 0 Å². The van der Waals surface area contributed by atoms with E-state index in [1.54, 1.807) is 0 Å². The van der Waals surface area contributed by atoms with Crippen LogP contribution in [-0.2, 0) is 4.74 Å². The van der Waals surface area contributed by atoms with E-state index in [-0.39, 0.29) is 5.97 Å². The smallest absolute Gasteiger partial charge is 0.338 e. The van der Waals surface area contributed by atoms with E-state index >= 15 is 0 Å². The Labute approximate surface area is 200 Å². The molecule has 2 aromatic rings. The fraction of sp³-hybridized carbons (Fsp3) is 0.387. The van der Waals surface area contributed by atoms with Gasteiger partial charge < -0.3 is 4.74 Å². The molecule has 2 rings (SSSR count). The lowest BCUT2D eigenvalue weighted by atomic mass is 10.0. The summed E-state index contributed by atoms with van der Waals surface area (Å²) in [6, 6.07) is 13.7. The Bertz CT molecular complexity index is 1030. The Balaban J connectivity index is 1.68. The van der Waals surface area contributed by atoms with Crippen LogP contribution in [0.4, 0.5) is 0 Å². The summed E-state index contributed by atoms with van der Waals surface area (Å²) in [4.78, 5) is 12.3. The van der Waals surface area contributed by atoms with E-state index in [1.165, 1.54) is 22.3 Å². The molecule has 0 radical (unpaired) electrons. The van der Waals surface area contributed by atoms with Crippen molar-refractivity contribution >= 4 is 16.7 Å². The van der Waals surface area contributed by atoms with Crippen molar-refractivity contribution in [1.82, 2.24) is 0 Å². The van der Waals surface area contributed by atoms with E-state index in [0.717, 1.165) is 49.3 Å². The van der Waals surface area contributed by atoms with Crippen molar-refractivity contribution in [3.05, 3.63) is 94.6 Å². The zero-order valence-electron chi connectivity index (χ0n) is 21.1. The highest BCUT2D eigenvalue weighted by atomic mass is 16.5. The number of carbonyl (C=O) groups excluding carboxylic acids is 1. The largest absolute Gasteiger partial charge is 0.458 e. The summed E-state index contributed by atoms with van der Waals surface area (Å²) < 4.78 is 5.45. The summed E-state index contributed by atoms with van der Waals surface area (Å²) in [6.07, 6.45) is 15.6. The Kier molecular flexibility index (Phi) is 11.4. The van der Waals surface area contributed by atoms with Crippen molar-refractivity contribution in [3.63, 3.8) is 0 Å². The number of ether oxygens (including phenoxy) is 1. The van der Waals surface area contributed by atoms with Crippen molar-refractivity contribution in [3.8, 4) is 0 Å². The van der Waals surface area contributed by atoms with E-state index in [9.17, 15) is 4.79 Å². The SMILES string of the molecule is CC(C)=CCC/C(C)=C/CC/C(C)=C/CC/C(C)=C/COC(=O)c1ccc2ccccc2c1. The highest BCUT2D eigenvalue weighted by Crippen LogP contribution is 2.17. The number of carbonyl (C=O) groups is 1. The molecule has 0 aliphatic carbocycles. The van der Waals surface area contributed by atoms with Crippen LogP contribution in [-0.4, -0.2) is 12.6 Å². The van der Waals surface area contributed by atoms with Crippen LogP contribution in [0.15, 0.2) is 89.1 Å². The summed E-state index contributed by atoms with van der Waals surface area (Å²) in [5, 5.41) is 2.17. The van der Waals surface area contributed by atoms with Gasteiger partial charge in [-0.1, -0.05) is 70.9 Å². The molecule has 0 amide bonds. The highest BCUT2D eigenvalue weighted by molar-refractivity contribution is 5.95. The molecule has 33 heavy (non-hydrogen) atoms. The minimum absolute atomic E-state index is 0.273. The van der Waals surface area contributed by atoms with Crippen LogP contribution in [0.3, 0.4) is 0 Å². The van der Waals surface area contributed by atoms with Gasteiger partial charge >= 0.3 is 5.97 Å². The van der Waals surface area contributed by atoms with Crippen LogP contribution >= 0.6 is 0 Å². The molecular formula is C31H40O2. The molecule has 0 heterocycles. The van der Waals surface area contributed by atoms with Gasteiger partial charge in [0.2, 0.25) is 0 Å². The Morgan fingerprint density at radius 3 is 1.85 bits per heavy atom. The van der Waals surface area contributed by atoms with Crippen LogP contribution in [0.5, 0.6) is 0 Å². The molecule has 176 valence electrons. The molecular weight excluding hydrogens is 404 g/mol. The molecule has 2 nitrogen and oxygen atoms in total. The average molecular weight is 445 g/mol. The number of esters is 1. The van der Waals surface area contributed by atoms with Crippen molar-refractivity contribution in [2.45, 2.75) is 73.1 Å². The normalized spacial score (nSPS) is 12.7. The molecule has 0 aromatic heterocycles. The van der Waals surface area contributed by atoms with Crippen molar-refractivity contribution < 1.29 is 9.53 Å². The molecule has 0 N–H and O–H groups in total. The van der Waals surface area contributed by atoms with Gasteiger partial charge in [-0.3, -0.25) is 0 Å². The fourth-order valence-electron chi connectivity index (χ4n) is 3.65. The minimum Gasteiger partial charge on any atom is -0.458 e. The molecule has 0 bridgehead atoms. The van der Waals surface area contributed by atoms with E-state index < -0.39 is 0 Å². The van der Waals surface area contributed by atoms with Gasteiger partial charge in [-0.15, -0.1) is 0 Å². The maximum absolute atomic E-state index is 12.3. The molecule has 2 aromatic carbocycles. The summed E-state index contributed by atoms with van der Waals surface area (Å²) in [6.45, 7) is 11.2. The minimum atomic E-state index is -0.273. The van der Waals surface area contributed by atoms with E-state index in [4.69, 9.17) is 4.74 Å². The molecule has 0 saturated heterocycles. The van der Waals surface area contributed by atoms with E-state index in [2.05, 4.69) is 52.8 Å². The van der Waals surface area contributed by atoms with E-state index in [0.29, 0.717) is 12.2 Å². The molecule has 0 aliphatic heterocycles. The predicted molar refractivity (Wildman–Crippen MR) is 143 cm³/mol. The lowest BCUT2D eigenvalue weighted by Gasteiger charge is -2.05. The molecule has 0 unspecified atom stereocenters. The zero-order valence-corrected chi connectivity index (χ0v) is 21.1. The van der Waals surface area contributed by atoms with Gasteiger partial charge in [0.1, 0.15) is 6.61 Å². The third kappa shape index (κ3) is 10.5. The number of rotatable bonds is 12.